The molecule has 4 aromatic rings. The lowest BCUT2D eigenvalue weighted by Gasteiger charge is -2.20. The van der Waals surface area contributed by atoms with Crippen molar-refractivity contribution in [3.05, 3.63) is 109 Å². The largest absolute Gasteiger partial charge is 0.463 e. The smallest absolute Gasteiger partial charge is 0.241 e. The summed E-state index contributed by atoms with van der Waals surface area (Å²) in [7, 11) is 0. The summed E-state index contributed by atoms with van der Waals surface area (Å²) >= 11 is 0. The third-order valence-electron chi connectivity index (χ3n) is 4.05. The van der Waals surface area contributed by atoms with Crippen LogP contribution >= 0.6 is 0 Å². The van der Waals surface area contributed by atoms with Gasteiger partial charge in [0.05, 0.1) is 0 Å². The van der Waals surface area contributed by atoms with E-state index in [9.17, 15) is 0 Å². The van der Waals surface area contributed by atoms with E-state index in [0.29, 0.717) is 11.6 Å². The number of hydrogen-bond donors (Lipinski definition) is 0. The number of ether oxygens (including phenoxy) is 1. The molecule has 0 bridgehead atoms. The zero-order valence-corrected chi connectivity index (χ0v) is 14.1. The number of rotatable bonds is 5. The maximum Gasteiger partial charge on any atom is 0.241 e. The van der Waals surface area contributed by atoms with E-state index in [1.165, 1.54) is 0 Å². The minimum Gasteiger partial charge on any atom is -0.463 e. The third kappa shape index (κ3) is 3.44. The SMILES string of the molecule is c1ccc(C(Oc2nccnc2-c2ccncc2)c2ccccc2)cc1. The lowest BCUT2D eigenvalue weighted by atomic mass is 10.0. The summed E-state index contributed by atoms with van der Waals surface area (Å²) in [5.74, 6) is 0.497. The Morgan fingerprint density at radius 1 is 0.615 bits per heavy atom. The molecule has 4 nitrogen and oxygen atoms in total. The molecule has 26 heavy (non-hydrogen) atoms. The fourth-order valence-corrected chi connectivity index (χ4v) is 2.82. The van der Waals surface area contributed by atoms with Crippen LogP contribution in [-0.4, -0.2) is 15.0 Å². The van der Waals surface area contributed by atoms with Crippen LogP contribution in [0, 0.1) is 0 Å². The molecule has 0 radical (unpaired) electrons. The van der Waals surface area contributed by atoms with Gasteiger partial charge < -0.3 is 4.74 Å². The Labute approximate surface area is 152 Å². The number of hydrogen-bond acceptors (Lipinski definition) is 4. The van der Waals surface area contributed by atoms with Crippen molar-refractivity contribution in [3.8, 4) is 17.1 Å². The van der Waals surface area contributed by atoms with Crippen molar-refractivity contribution in [1.29, 1.82) is 0 Å². The first kappa shape index (κ1) is 16.0. The maximum absolute atomic E-state index is 6.38. The second kappa shape index (κ2) is 7.57. The van der Waals surface area contributed by atoms with E-state index in [4.69, 9.17) is 4.74 Å². The van der Waals surface area contributed by atoms with E-state index in [-0.39, 0.29) is 6.10 Å². The summed E-state index contributed by atoms with van der Waals surface area (Å²) in [5.41, 5.74) is 3.74. The lowest BCUT2D eigenvalue weighted by molar-refractivity contribution is 0.237. The van der Waals surface area contributed by atoms with E-state index in [1.54, 1.807) is 24.8 Å². The van der Waals surface area contributed by atoms with Gasteiger partial charge in [-0.3, -0.25) is 4.98 Å². The predicted octanol–water partition coefficient (Wildman–Crippen LogP) is 4.71. The first-order valence-electron chi connectivity index (χ1n) is 8.40. The quantitative estimate of drug-likeness (QED) is 0.528. The molecular formula is C22H17N3O. The van der Waals surface area contributed by atoms with E-state index >= 15 is 0 Å². The van der Waals surface area contributed by atoms with Crippen molar-refractivity contribution in [3.63, 3.8) is 0 Å². The fraction of sp³-hybridized carbons (Fsp3) is 0.0455. The van der Waals surface area contributed by atoms with Gasteiger partial charge >= 0.3 is 0 Å². The molecule has 2 aromatic carbocycles. The highest BCUT2D eigenvalue weighted by molar-refractivity contribution is 5.63. The molecule has 0 N–H and O–H groups in total. The highest BCUT2D eigenvalue weighted by Crippen LogP contribution is 2.32. The number of nitrogens with zero attached hydrogens (tertiary/aromatic N) is 3. The van der Waals surface area contributed by atoms with Crippen LogP contribution in [0.1, 0.15) is 17.2 Å². The summed E-state index contributed by atoms with van der Waals surface area (Å²) in [6, 6.07) is 24.1. The molecule has 126 valence electrons. The standard InChI is InChI=1S/C22H17N3O/c1-3-7-18(8-4-1)21(19-9-5-2-6-10-19)26-22-20(24-15-16-25-22)17-11-13-23-14-12-17/h1-16,21H. The van der Waals surface area contributed by atoms with Crippen LogP contribution < -0.4 is 4.74 Å². The molecule has 2 aromatic heterocycles. The molecule has 2 heterocycles. The molecule has 4 rings (SSSR count). The lowest BCUT2D eigenvalue weighted by Crippen LogP contribution is -2.11. The van der Waals surface area contributed by atoms with Crippen LogP contribution in [0.4, 0.5) is 0 Å². The summed E-state index contributed by atoms with van der Waals surface area (Å²) in [6.07, 6.45) is 6.52. The van der Waals surface area contributed by atoms with Crippen LogP contribution in [0.2, 0.25) is 0 Å². The number of pyridine rings is 1. The van der Waals surface area contributed by atoms with Crippen molar-refractivity contribution >= 4 is 0 Å². The molecule has 0 amide bonds. The van der Waals surface area contributed by atoms with E-state index in [1.807, 2.05) is 48.5 Å². The minimum atomic E-state index is -0.269. The Morgan fingerprint density at radius 2 is 1.19 bits per heavy atom. The molecule has 0 unspecified atom stereocenters. The van der Waals surface area contributed by atoms with Gasteiger partial charge in [-0.1, -0.05) is 60.7 Å². The molecule has 0 aliphatic rings. The summed E-state index contributed by atoms with van der Waals surface area (Å²) in [4.78, 5) is 13.0. The predicted molar refractivity (Wildman–Crippen MR) is 101 cm³/mol. The Hall–Kier alpha value is -3.53. The van der Waals surface area contributed by atoms with Crippen molar-refractivity contribution in [1.82, 2.24) is 15.0 Å². The van der Waals surface area contributed by atoms with Gasteiger partial charge in [0, 0.05) is 30.4 Å². The first-order chi connectivity index (χ1) is 12.9. The number of aromatic nitrogens is 3. The van der Waals surface area contributed by atoms with Crippen molar-refractivity contribution in [2.75, 3.05) is 0 Å². The van der Waals surface area contributed by atoms with Gasteiger partial charge in [0.1, 0.15) is 5.69 Å². The van der Waals surface area contributed by atoms with E-state index < -0.39 is 0 Å². The second-order valence-electron chi connectivity index (χ2n) is 5.77. The Balaban J connectivity index is 1.76. The molecule has 0 saturated heterocycles. The summed E-state index contributed by atoms with van der Waals surface area (Å²) in [6.45, 7) is 0. The van der Waals surface area contributed by atoms with E-state index in [2.05, 4.69) is 39.2 Å². The van der Waals surface area contributed by atoms with Gasteiger partial charge in [0.25, 0.3) is 0 Å². The molecule has 0 fully saturated rings. The normalized spacial score (nSPS) is 10.7. The van der Waals surface area contributed by atoms with Crippen molar-refractivity contribution < 1.29 is 4.74 Å². The summed E-state index contributed by atoms with van der Waals surface area (Å²) < 4.78 is 6.38. The van der Waals surface area contributed by atoms with Crippen LogP contribution in [0.15, 0.2) is 97.6 Å². The Morgan fingerprint density at radius 3 is 1.81 bits per heavy atom. The second-order valence-corrected chi connectivity index (χ2v) is 5.77. The molecule has 0 spiro atoms. The van der Waals surface area contributed by atoms with Crippen molar-refractivity contribution in [2.45, 2.75) is 6.10 Å². The van der Waals surface area contributed by atoms with Crippen LogP contribution in [0.5, 0.6) is 5.88 Å². The third-order valence-corrected chi connectivity index (χ3v) is 4.05. The number of benzene rings is 2. The van der Waals surface area contributed by atoms with E-state index in [0.717, 1.165) is 16.7 Å². The molecule has 0 aliphatic heterocycles. The molecule has 0 atom stereocenters. The van der Waals surface area contributed by atoms with Gasteiger partial charge in [-0.25, -0.2) is 9.97 Å². The van der Waals surface area contributed by atoms with Gasteiger partial charge in [0.2, 0.25) is 5.88 Å². The monoisotopic (exact) mass is 339 g/mol. The molecule has 0 aliphatic carbocycles. The average Bonchev–Trinajstić information content (AvgIpc) is 2.74. The highest BCUT2D eigenvalue weighted by atomic mass is 16.5. The van der Waals surface area contributed by atoms with Gasteiger partial charge in [-0.05, 0) is 23.3 Å². The topological polar surface area (TPSA) is 47.9 Å². The zero-order chi connectivity index (χ0) is 17.6. The van der Waals surface area contributed by atoms with Gasteiger partial charge in [-0.15, -0.1) is 0 Å². The molecular weight excluding hydrogens is 322 g/mol. The summed E-state index contributed by atoms with van der Waals surface area (Å²) in [5, 5.41) is 0. The highest BCUT2D eigenvalue weighted by Gasteiger charge is 2.19. The van der Waals surface area contributed by atoms with Gasteiger partial charge in [0.15, 0.2) is 6.10 Å². The maximum atomic E-state index is 6.38. The van der Waals surface area contributed by atoms with Crippen molar-refractivity contribution in [2.24, 2.45) is 0 Å². The van der Waals surface area contributed by atoms with Crippen LogP contribution in [0.25, 0.3) is 11.3 Å². The first-order valence-corrected chi connectivity index (χ1v) is 8.40. The zero-order valence-electron chi connectivity index (χ0n) is 14.1. The average molecular weight is 339 g/mol. The van der Waals surface area contributed by atoms with Crippen LogP contribution in [0.3, 0.4) is 0 Å². The Bertz CT molecular complexity index is 921. The fourth-order valence-electron chi connectivity index (χ4n) is 2.82. The Kier molecular flexibility index (Phi) is 4.65. The molecule has 0 saturated carbocycles. The van der Waals surface area contributed by atoms with Crippen LogP contribution in [-0.2, 0) is 0 Å². The minimum absolute atomic E-state index is 0.269. The van der Waals surface area contributed by atoms with Gasteiger partial charge in [-0.2, -0.15) is 0 Å². The molecule has 4 heteroatoms.